The molecule has 5 heteroatoms. The van der Waals surface area contributed by atoms with Crippen molar-refractivity contribution in [1.82, 2.24) is 14.8 Å². The van der Waals surface area contributed by atoms with Gasteiger partial charge in [-0.25, -0.2) is 4.68 Å². The van der Waals surface area contributed by atoms with Crippen molar-refractivity contribution < 1.29 is 9.53 Å². The van der Waals surface area contributed by atoms with Gasteiger partial charge in [0, 0.05) is 17.5 Å². The Hall–Kier alpha value is -2.17. The third kappa shape index (κ3) is 3.44. The van der Waals surface area contributed by atoms with Crippen LogP contribution in [-0.2, 0) is 16.0 Å². The molecular weight excluding hydrogens is 254 g/mol. The average molecular weight is 273 g/mol. The van der Waals surface area contributed by atoms with E-state index in [4.69, 9.17) is 4.74 Å². The number of pyridine rings is 1. The summed E-state index contributed by atoms with van der Waals surface area (Å²) in [4.78, 5) is 15.9. The van der Waals surface area contributed by atoms with E-state index in [0.29, 0.717) is 0 Å². The number of carbonyl (C=O) groups is 1. The van der Waals surface area contributed by atoms with Gasteiger partial charge in [0.05, 0.1) is 24.5 Å². The number of hydrogen-bond acceptors (Lipinski definition) is 4. The molecule has 0 bridgehead atoms. The van der Waals surface area contributed by atoms with Crippen molar-refractivity contribution in [3.05, 3.63) is 42.0 Å². The molecule has 0 aliphatic rings. The van der Waals surface area contributed by atoms with Crippen LogP contribution >= 0.6 is 0 Å². The number of hydrogen-bond donors (Lipinski definition) is 0. The molecule has 2 aromatic heterocycles. The van der Waals surface area contributed by atoms with Crippen LogP contribution in [0.15, 0.2) is 30.7 Å². The van der Waals surface area contributed by atoms with Gasteiger partial charge in [-0.15, -0.1) is 0 Å². The fourth-order valence-electron chi connectivity index (χ4n) is 1.89. The summed E-state index contributed by atoms with van der Waals surface area (Å²) in [6.45, 7) is 7.50. The van der Waals surface area contributed by atoms with Crippen molar-refractivity contribution in [2.45, 2.75) is 39.7 Å². The maximum Gasteiger partial charge on any atom is 0.310 e. The van der Waals surface area contributed by atoms with Crippen LogP contribution < -0.4 is 0 Å². The highest BCUT2D eigenvalue weighted by molar-refractivity contribution is 5.73. The van der Waals surface area contributed by atoms with Gasteiger partial charge in [-0.05, 0) is 39.8 Å². The molecule has 2 aromatic rings. The molecule has 0 atom stereocenters. The lowest BCUT2D eigenvalue weighted by Gasteiger charge is -2.19. The molecule has 0 aliphatic heterocycles. The highest BCUT2D eigenvalue weighted by atomic mass is 16.6. The predicted octanol–water partition coefficient (Wildman–Crippen LogP) is 2.46. The van der Waals surface area contributed by atoms with Crippen LogP contribution in [0.3, 0.4) is 0 Å². The Morgan fingerprint density at radius 2 is 2.10 bits per heavy atom. The normalized spacial score (nSPS) is 11.4. The van der Waals surface area contributed by atoms with E-state index in [9.17, 15) is 4.79 Å². The molecule has 2 rings (SSSR count). The van der Waals surface area contributed by atoms with Crippen LogP contribution in [-0.4, -0.2) is 26.3 Å². The number of ether oxygens (including phenoxy) is 1. The van der Waals surface area contributed by atoms with E-state index in [1.807, 2.05) is 39.8 Å². The SMILES string of the molecule is Cc1c(CC(=O)OC(C)(C)C)cnn1-c1cccnc1. The van der Waals surface area contributed by atoms with Crippen molar-refractivity contribution in [2.75, 3.05) is 0 Å². The zero-order valence-electron chi connectivity index (χ0n) is 12.3. The molecule has 0 aliphatic carbocycles. The summed E-state index contributed by atoms with van der Waals surface area (Å²) < 4.78 is 7.09. The first-order chi connectivity index (χ1) is 9.37. The van der Waals surface area contributed by atoms with Gasteiger partial charge in [0.2, 0.25) is 0 Å². The van der Waals surface area contributed by atoms with Gasteiger partial charge in [0.25, 0.3) is 0 Å². The van der Waals surface area contributed by atoms with Crippen LogP contribution in [0.2, 0.25) is 0 Å². The van der Waals surface area contributed by atoms with Gasteiger partial charge < -0.3 is 4.74 Å². The first kappa shape index (κ1) is 14.2. The van der Waals surface area contributed by atoms with Crippen molar-refractivity contribution in [2.24, 2.45) is 0 Å². The van der Waals surface area contributed by atoms with E-state index in [1.165, 1.54) is 0 Å². The van der Waals surface area contributed by atoms with E-state index < -0.39 is 5.60 Å². The Morgan fingerprint density at radius 3 is 2.70 bits per heavy atom. The minimum Gasteiger partial charge on any atom is -0.460 e. The van der Waals surface area contributed by atoms with Gasteiger partial charge >= 0.3 is 5.97 Å². The lowest BCUT2D eigenvalue weighted by Crippen LogP contribution is -2.25. The van der Waals surface area contributed by atoms with Crippen LogP contribution in [0.1, 0.15) is 32.0 Å². The summed E-state index contributed by atoms with van der Waals surface area (Å²) >= 11 is 0. The molecule has 0 unspecified atom stereocenters. The standard InChI is InChI=1S/C15H19N3O2/c1-11-12(8-14(19)20-15(2,3)4)9-17-18(11)13-6-5-7-16-10-13/h5-7,9-10H,8H2,1-4H3. The van der Waals surface area contributed by atoms with E-state index in [-0.39, 0.29) is 12.4 Å². The molecule has 0 aromatic carbocycles. The van der Waals surface area contributed by atoms with E-state index in [1.54, 1.807) is 23.3 Å². The Morgan fingerprint density at radius 1 is 1.35 bits per heavy atom. The van der Waals surface area contributed by atoms with Crippen molar-refractivity contribution in [3.8, 4) is 5.69 Å². The number of aromatic nitrogens is 3. The number of carbonyl (C=O) groups excluding carboxylic acids is 1. The van der Waals surface area contributed by atoms with E-state index in [0.717, 1.165) is 16.9 Å². The summed E-state index contributed by atoms with van der Waals surface area (Å²) in [5, 5.41) is 4.30. The number of rotatable bonds is 3. The maximum atomic E-state index is 11.9. The molecule has 0 spiro atoms. The van der Waals surface area contributed by atoms with Crippen molar-refractivity contribution >= 4 is 5.97 Å². The number of esters is 1. The maximum absolute atomic E-state index is 11.9. The molecule has 0 N–H and O–H groups in total. The summed E-state index contributed by atoms with van der Waals surface area (Å²) in [5.41, 5.74) is 2.19. The molecule has 0 fully saturated rings. The molecule has 106 valence electrons. The largest absolute Gasteiger partial charge is 0.460 e. The topological polar surface area (TPSA) is 57.0 Å². The molecule has 0 radical (unpaired) electrons. The van der Waals surface area contributed by atoms with Crippen molar-refractivity contribution in [3.63, 3.8) is 0 Å². The fourth-order valence-corrected chi connectivity index (χ4v) is 1.89. The second-order valence-electron chi connectivity index (χ2n) is 5.64. The quantitative estimate of drug-likeness (QED) is 0.806. The van der Waals surface area contributed by atoms with Gasteiger partial charge in [-0.3, -0.25) is 9.78 Å². The Kier molecular flexibility index (Phi) is 3.88. The fraction of sp³-hybridized carbons (Fsp3) is 0.400. The van der Waals surface area contributed by atoms with E-state index >= 15 is 0 Å². The minimum absolute atomic E-state index is 0.226. The van der Waals surface area contributed by atoms with Crippen molar-refractivity contribution in [1.29, 1.82) is 0 Å². The molecule has 0 saturated heterocycles. The van der Waals surface area contributed by atoms with Gasteiger partial charge in [-0.2, -0.15) is 5.10 Å². The Balaban J connectivity index is 2.16. The summed E-state index contributed by atoms with van der Waals surface area (Å²) in [6.07, 6.45) is 5.37. The van der Waals surface area contributed by atoms with Crippen LogP contribution in [0.25, 0.3) is 5.69 Å². The molecular formula is C15H19N3O2. The number of nitrogens with zero attached hydrogens (tertiary/aromatic N) is 3. The summed E-state index contributed by atoms with van der Waals surface area (Å²) in [6, 6.07) is 3.77. The first-order valence-electron chi connectivity index (χ1n) is 6.52. The Bertz CT molecular complexity index is 597. The third-order valence-electron chi connectivity index (χ3n) is 2.76. The van der Waals surface area contributed by atoms with Gasteiger partial charge in [0.15, 0.2) is 0 Å². The zero-order valence-corrected chi connectivity index (χ0v) is 12.3. The van der Waals surface area contributed by atoms with Crippen LogP contribution in [0, 0.1) is 6.92 Å². The Labute approximate surface area is 118 Å². The minimum atomic E-state index is -0.468. The monoisotopic (exact) mass is 273 g/mol. The van der Waals surface area contributed by atoms with Gasteiger partial charge in [-0.1, -0.05) is 0 Å². The zero-order chi connectivity index (χ0) is 14.8. The molecule has 5 nitrogen and oxygen atoms in total. The average Bonchev–Trinajstić information content (AvgIpc) is 2.70. The lowest BCUT2D eigenvalue weighted by atomic mass is 10.1. The molecule has 20 heavy (non-hydrogen) atoms. The third-order valence-corrected chi connectivity index (χ3v) is 2.76. The predicted molar refractivity (Wildman–Crippen MR) is 75.6 cm³/mol. The van der Waals surface area contributed by atoms with Crippen LogP contribution in [0.5, 0.6) is 0 Å². The summed E-state index contributed by atoms with van der Waals surface area (Å²) in [7, 11) is 0. The molecule has 2 heterocycles. The summed E-state index contributed by atoms with van der Waals surface area (Å²) in [5.74, 6) is -0.244. The lowest BCUT2D eigenvalue weighted by molar-refractivity contribution is -0.153. The molecule has 0 saturated carbocycles. The van der Waals surface area contributed by atoms with E-state index in [2.05, 4.69) is 10.1 Å². The smallest absolute Gasteiger partial charge is 0.310 e. The van der Waals surface area contributed by atoms with Crippen LogP contribution in [0.4, 0.5) is 0 Å². The second kappa shape index (κ2) is 5.45. The van der Waals surface area contributed by atoms with Gasteiger partial charge in [0.1, 0.15) is 5.60 Å². The molecule has 0 amide bonds. The highest BCUT2D eigenvalue weighted by Gasteiger charge is 2.18. The highest BCUT2D eigenvalue weighted by Crippen LogP contribution is 2.15. The second-order valence-corrected chi connectivity index (χ2v) is 5.64. The first-order valence-corrected chi connectivity index (χ1v) is 6.52.